The molecule has 338 valence electrons. The molecule has 0 aliphatic rings. The number of unbranched alkanes of at least 4 members (excludes halogenated alkanes) is 33. The zero-order valence-electron chi connectivity index (χ0n) is 38.8. The van der Waals surface area contributed by atoms with Crippen molar-refractivity contribution < 1.29 is 28.6 Å². The van der Waals surface area contributed by atoms with Crippen molar-refractivity contribution in [1.82, 2.24) is 0 Å². The van der Waals surface area contributed by atoms with Crippen LogP contribution in [0.15, 0.2) is 0 Å². The van der Waals surface area contributed by atoms with Gasteiger partial charge in [-0.3, -0.25) is 14.4 Å². The Kier molecular flexibility index (Phi) is 44.2. The van der Waals surface area contributed by atoms with E-state index in [1.165, 1.54) is 180 Å². The van der Waals surface area contributed by atoms with Crippen LogP contribution in [0.5, 0.6) is 0 Å². The van der Waals surface area contributed by atoms with Crippen LogP contribution < -0.4 is 0 Å². The van der Waals surface area contributed by atoms with E-state index in [0.717, 1.165) is 63.7 Å². The van der Waals surface area contributed by atoms with Crippen LogP contribution >= 0.6 is 0 Å². The van der Waals surface area contributed by atoms with Gasteiger partial charge in [-0.15, -0.1) is 0 Å². The van der Waals surface area contributed by atoms with E-state index < -0.39 is 6.10 Å². The van der Waals surface area contributed by atoms with E-state index in [1.54, 1.807) is 0 Å². The van der Waals surface area contributed by atoms with Gasteiger partial charge in [0, 0.05) is 19.3 Å². The largest absolute Gasteiger partial charge is 0.462 e. The van der Waals surface area contributed by atoms with Crippen LogP contribution in [0.3, 0.4) is 0 Å². The van der Waals surface area contributed by atoms with Gasteiger partial charge in [-0.25, -0.2) is 0 Å². The highest BCUT2D eigenvalue weighted by molar-refractivity contribution is 5.71. The van der Waals surface area contributed by atoms with E-state index in [0.29, 0.717) is 19.3 Å². The number of hydrogen-bond acceptors (Lipinski definition) is 6. The molecular weight excluding hydrogens is 709 g/mol. The van der Waals surface area contributed by atoms with E-state index in [9.17, 15) is 14.4 Å². The molecule has 0 aromatic carbocycles. The molecule has 6 heteroatoms. The molecule has 0 saturated heterocycles. The summed E-state index contributed by atoms with van der Waals surface area (Å²) in [7, 11) is 0. The highest BCUT2D eigenvalue weighted by Gasteiger charge is 2.19. The Morgan fingerprint density at radius 2 is 0.579 bits per heavy atom. The van der Waals surface area contributed by atoms with Crippen molar-refractivity contribution in [2.45, 2.75) is 291 Å². The summed E-state index contributed by atoms with van der Waals surface area (Å²) in [4.78, 5) is 37.8. The van der Waals surface area contributed by atoms with Crippen LogP contribution in [-0.4, -0.2) is 37.2 Å². The van der Waals surface area contributed by atoms with E-state index in [4.69, 9.17) is 14.2 Å². The Bertz CT molecular complexity index is 857. The summed E-state index contributed by atoms with van der Waals surface area (Å²) in [6.45, 7) is 8.95. The second kappa shape index (κ2) is 45.5. The Hall–Kier alpha value is -1.59. The number of hydrogen-bond donors (Lipinski definition) is 0. The van der Waals surface area contributed by atoms with Gasteiger partial charge >= 0.3 is 17.9 Å². The van der Waals surface area contributed by atoms with E-state index >= 15 is 0 Å². The Balaban J connectivity index is 4.23. The molecule has 0 saturated carbocycles. The van der Waals surface area contributed by atoms with Crippen LogP contribution in [0.2, 0.25) is 0 Å². The lowest BCUT2D eigenvalue weighted by Crippen LogP contribution is -2.30. The lowest BCUT2D eigenvalue weighted by Gasteiger charge is -2.18. The molecule has 1 atom stereocenters. The van der Waals surface area contributed by atoms with Crippen molar-refractivity contribution >= 4 is 17.9 Å². The fourth-order valence-electron chi connectivity index (χ4n) is 7.69. The third kappa shape index (κ3) is 45.3. The van der Waals surface area contributed by atoms with Crippen LogP contribution in [-0.2, 0) is 28.6 Å². The molecule has 0 aromatic heterocycles. The molecule has 6 nitrogen and oxygen atoms in total. The Morgan fingerprint density at radius 1 is 0.333 bits per heavy atom. The molecule has 0 heterocycles. The topological polar surface area (TPSA) is 78.9 Å². The molecular formula is C51H98O6. The first kappa shape index (κ1) is 55.4. The zero-order valence-corrected chi connectivity index (χ0v) is 38.8. The van der Waals surface area contributed by atoms with Crippen molar-refractivity contribution in [2.24, 2.45) is 5.92 Å². The minimum atomic E-state index is -0.761. The predicted molar refractivity (Wildman–Crippen MR) is 243 cm³/mol. The molecule has 0 radical (unpaired) electrons. The monoisotopic (exact) mass is 807 g/mol. The van der Waals surface area contributed by atoms with Gasteiger partial charge in [0.2, 0.25) is 0 Å². The zero-order chi connectivity index (χ0) is 41.7. The summed E-state index contributed by atoms with van der Waals surface area (Å²) >= 11 is 0. The summed E-state index contributed by atoms with van der Waals surface area (Å²) in [6, 6.07) is 0. The summed E-state index contributed by atoms with van der Waals surface area (Å²) in [6.07, 6.45) is 46.7. The lowest BCUT2D eigenvalue weighted by atomic mass is 10.0. The average Bonchev–Trinajstić information content (AvgIpc) is 3.19. The molecule has 57 heavy (non-hydrogen) atoms. The maximum atomic E-state index is 12.7. The maximum absolute atomic E-state index is 12.7. The fraction of sp³-hybridized carbons (Fsp3) is 0.941. The van der Waals surface area contributed by atoms with Gasteiger partial charge in [0.15, 0.2) is 6.10 Å². The SMILES string of the molecule is CCCCCCCCCCCCCCCCCCCC(=O)OC[C@H](COC(=O)CCCCCCCCCCCCCCC)OC(=O)CCCCCCCCC(C)C. The van der Waals surface area contributed by atoms with Crippen molar-refractivity contribution in [2.75, 3.05) is 13.2 Å². The molecule has 0 rings (SSSR count). The standard InChI is InChI=1S/C51H98O6/c1-5-7-9-11-13-15-17-19-20-21-22-24-26-28-30-35-39-43-50(53)56-46-48(57-51(54)44-40-36-32-31-33-37-41-47(3)4)45-55-49(52)42-38-34-29-27-25-23-18-16-14-12-10-8-6-2/h47-48H,5-46H2,1-4H3/t48-/m0/s1. The van der Waals surface area contributed by atoms with Crippen molar-refractivity contribution in [1.29, 1.82) is 0 Å². The second-order valence-electron chi connectivity index (χ2n) is 17.9. The molecule has 0 bridgehead atoms. The molecule has 0 aromatic rings. The number of carbonyl (C=O) groups excluding carboxylic acids is 3. The van der Waals surface area contributed by atoms with Crippen molar-refractivity contribution in [3.63, 3.8) is 0 Å². The summed E-state index contributed by atoms with van der Waals surface area (Å²) in [5.74, 6) is -0.0927. The van der Waals surface area contributed by atoms with E-state index in [2.05, 4.69) is 27.7 Å². The first-order chi connectivity index (χ1) is 27.9. The third-order valence-electron chi connectivity index (χ3n) is 11.5. The smallest absolute Gasteiger partial charge is 0.306 e. The van der Waals surface area contributed by atoms with Crippen LogP contribution in [0.1, 0.15) is 285 Å². The molecule has 0 aliphatic heterocycles. The lowest BCUT2D eigenvalue weighted by molar-refractivity contribution is -0.167. The highest BCUT2D eigenvalue weighted by Crippen LogP contribution is 2.17. The molecule has 0 aliphatic carbocycles. The van der Waals surface area contributed by atoms with Gasteiger partial charge in [-0.2, -0.15) is 0 Å². The Morgan fingerprint density at radius 3 is 0.860 bits per heavy atom. The highest BCUT2D eigenvalue weighted by atomic mass is 16.6. The van der Waals surface area contributed by atoms with Gasteiger partial charge in [-0.1, -0.05) is 246 Å². The number of ether oxygens (including phenoxy) is 3. The van der Waals surface area contributed by atoms with E-state index in [-0.39, 0.29) is 31.1 Å². The van der Waals surface area contributed by atoms with Gasteiger partial charge in [0.25, 0.3) is 0 Å². The number of rotatable bonds is 46. The number of esters is 3. The molecule has 0 spiro atoms. The van der Waals surface area contributed by atoms with Gasteiger partial charge in [0.05, 0.1) is 0 Å². The van der Waals surface area contributed by atoms with Crippen LogP contribution in [0.4, 0.5) is 0 Å². The van der Waals surface area contributed by atoms with Crippen LogP contribution in [0.25, 0.3) is 0 Å². The first-order valence-corrected chi connectivity index (χ1v) is 25.4. The fourth-order valence-corrected chi connectivity index (χ4v) is 7.69. The van der Waals surface area contributed by atoms with Gasteiger partial charge in [0.1, 0.15) is 13.2 Å². The minimum Gasteiger partial charge on any atom is -0.462 e. The molecule has 0 unspecified atom stereocenters. The normalized spacial score (nSPS) is 11.9. The average molecular weight is 807 g/mol. The predicted octanol–water partition coefficient (Wildman–Crippen LogP) is 16.3. The summed E-state index contributed by atoms with van der Waals surface area (Å²) in [5.41, 5.74) is 0. The van der Waals surface area contributed by atoms with Crippen LogP contribution in [0, 0.1) is 5.92 Å². The maximum Gasteiger partial charge on any atom is 0.306 e. The third-order valence-corrected chi connectivity index (χ3v) is 11.5. The summed E-state index contributed by atoms with van der Waals surface area (Å²) < 4.78 is 16.8. The second-order valence-corrected chi connectivity index (χ2v) is 17.9. The van der Waals surface area contributed by atoms with Crippen molar-refractivity contribution in [3.05, 3.63) is 0 Å². The first-order valence-electron chi connectivity index (χ1n) is 25.4. The van der Waals surface area contributed by atoms with Crippen molar-refractivity contribution in [3.8, 4) is 0 Å². The quantitative estimate of drug-likeness (QED) is 0.0346. The Labute approximate surface area is 355 Å². The minimum absolute atomic E-state index is 0.0641. The summed E-state index contributed by atoms with van der Waals surface area (Å²) in [5, 5.41) is 0. The van der Waals surface area contributed by atoms with Gasteiger partial charge in [-0.05, 0) is 25.2 Å². The number of carbonyl (C=O) groups is 3. The molecule has 0 amide bonds. The molecule has 0 fully saturated rings. The van der Waals surface area contributed by atoms with Gasteiger partial charge < -0.3 is 14.2 Å². The molecule has 0 N–H and O–H groups in total. The van der Waals surface area contributed by atoms with E-state index in [1.807, 2.05) is 0 Å².